The van der Waals surface area contributed by atoms with Gasteiger partial charge in [0.05, 0.1) is 5.54 Å². The van der Waals surface area contributed by atoms with E-state index in [1.54, 1.807) is 0 Å². The Kier molecular flexibility index (Phi) is 2.89. The summed E-state index contributed by atoms with van der Waals surface area (Å²) in [6.45, 7) is 8.41. The first kappa shape index (κ1) is 9.72. The highest BCUT2D eigenvalue weighted by Crippen LogP contribution is 2.22. The first-order chi connectivity index (χ1) is 5.56. The lowest BCUT2D eigenvalue weighted by Crippen LogP contribution is -2.49. The monoisotopic (exact) mass is 169 g/mol. The summed E-state index contributed by atoms with van der Waals surface area (Å²) in [4.78, 5) is 13.1. The Labute approximate surface area is 74.9 Å². The summed E-state index contributed by atoms with van der Waals surface area (Å²) in [5, 5.41) is 0. The van der Waals surface area contributed by atoms with Crippen molar-refractivity contribution in [2.45, 2.75) is 39.2 Å². The molecule has 1 rings (SSSR count). The SMILES string of the molecule is CC1CCCN(C(C)(C)C=O)C1. The van der Waals surface area contributed by atoms with Crippen LogP contribution < -0.4 is 0 Å². The van der Waals surface area contributed by atoms with E-state index in [0.717, 1.165) is 25.3 Å². The number of nitrogens with zero attached hydrogens (tertiary/aromatic N) is 1. The van der Waals surface area contributed by atoms with Gasteiger partial charge in [0.15, 0.2) is 0 Å². The van der Waals surface area contributed by atoms with E-state index in [9.17, 15) is 4.79 Å². The van der Waals surface area contributed by atoms with Crippen molar-refractivity contribution in [3.63, 3.8) is 0 Å². The van der Waals surface area contributed by atoms with Crippen LogP contribution in [0.5, 0.6) is 0 Å². The second-order valence-electron chi connectivity index (χ2n) is 4.46. The van der Waals surface area contributed by atoms with E-state index < -0.39 is 0 Å². The van der Waals surface area contributed by atoms with Gasteiger partial charge in [0.25, 0.3) is 0 Å². The number of hydrogen-bond acceptors (Lipinski definition) is 2. The Morgan fingerprint density at radius 1 is 1.50 bits per heavy atom. The molecule has 1 aliphatic heterocycles. The van der Waals surface area contributed by atoms with E-state index in [1.807, 2.05) is 13.8 Å². The topological polar surface area (TPSA) is 20.3 Å². The van der Waals surface area contributed by atoms with Crippen molar-refractivity contribution in [2.75, 3.05) is 13.1 Å². The number of piperidine rings is 1. The van der Waals surface area contributed by atoms with Gasteiger partial charge in [0.1, 0.15) is 6.29 Å². The summed E-state index contributed by atoms with van der Waals surface area (Å²) in [6.07, 6.45) is 3.61. The van der Waals surface area contributed by atoms with Crippen molar-refractivity contribution in [2.24, 2.45) is 5.92 Å². The fourth-order valence-corrected chi connectivity index (χ4v) is 1.79. The lowest BCUT2D eigenvalue weighted by molar-refractivity contribution is -0.117. The summed E-state index contributed by atoms with van der Waals surface area (Å²) < 4.78 is 0. The lowest BCUT2D eigenvalue weighted by atomic mass is 9.95. The van der Waals surface area contributed by atoms with Crippen LogP contribution in [0.25, 0.3) is 0 Å². The third-order valence-corrected chi connectivity index (χ3v) is 2.76. The zero-order valence-electron chi connectivity index (χ0n) is 8.34. The van der Waals surface area contributed by atoms with E-state index >= 15 is 0 Å². The summed E-state index contributed by atoms with van der Waals surface area (Å²) in [5.74, 6) is 0.748. The maximum Gasteiger partial charge on any atom is 0.139 e. The van der Waals surface area contributed by atoms with Gasteiger partial charge in [0.2, 0.25) is 0 Å². The minimum Gasteiger partial charge on any atom is -0.301 e. The summed E-state index contributed by atoms with van der Waals surface area (Å²) in [5.41, 5.74) is -0.255. The van der Waals surface area contributed by atoms with Crippen molar-refractivity contribution in [1.29, 1.82) is 0 Å². The standard InChI is InChI=1S/C10H19NO/c1-9-5-4-6-11(7-9)10(2,3)8-12/h8-9H,4-7H2,1-3H3. The third-order valence-electron chi connectivity index (χ3n) is 2.76. The van der Waals surface area contributed by atoms with Crippen molar-refractivity contribution in [3.05, 3.63) is 0 Å². The molecule has 0 aromatic heterocycles. The van der Waals surface area contributed by atoms with Crippen LogP contribution in [0.4, 0.5) is 0 Å². The molecule has 1 fully saturated rings. The molecule has 2 heteroatoms. The molecule has 0 bridgehead atoms. The highest BCUT2D eigenvalue weighted by Gasteiger charge is 2.29. The Morgan fingerprint density at radius 3 is 2.67 bits per heavy atom. The number of carbonyl (C=O) groups excluding carboxylic acids is 1. The van der Waals surface area contributed by atoms with Crippen molar-refractivity contribution >= 4 is 6.29 Å². The van der Waals surface area contributed by atoms with Crippen molar-refractivity contribution in [3.8, 4) is 0 Å². The van der Waals surface area contributed by atoms with E-state index in [1.165, 1.54) is 12.8 Å². The lowest BCUT2D eigenvalue weighted by Gasteiger charge is -2.39. The Morgan fingerprint density at radius 2 is 2.17 bits per heavy atom. The fraction of sp³-hybridized carbons (Fsp3) is 0.900. The summed E-state index contributed by atoms with van der Waals surface area (Å²) in [7, 11) is 0. The summed E-state index contributed by atoms with van der Waals surface area (Å²) >= 11 is 0. The Bertz CT molecular complexity index is 165. The molecule has 0 aromatic carbocycles. The summed E-state index contributed by atoms with van der Waals surface area (Å²) in [6, 6.07) is 0. The Hall–Kier alpha value is -0.370. The highest BCUT2D eigenvalue weighted by atomic mass is 16.1. The van der Waals surface area contributed by atoms with Gasteiger partial charge >= 0.3 is 0 Å². The third kappa shape index (κ3) is 2.07. The number of likely N-dealkylation sites (tertiary alicyclic amines) is 1. The van der Waals surface area contributed by atoms with Gasteiger partial charge in [-0.05, 0) is 39.2 Å². The molecular formula is C10H19NO. The predicted molar refractivity (Wildman–Crippen MR) is 50.1 cm³/mol. The van der Waals surface area contributed by atoms with Gasteiger partial charge in [-0.3, -0.25) is 4.90 Å². The van der Waals surface area contributed by atoms with Crippen LogP contribution in [-0.4, -0.2) is 29.8 Å². The minimum absolute atomic E-state index is 0.255. The largest absolute Gasteiger partial charge is 0.301 e. The molecule has 0 spiro atoms. The Balaban J connectivity index is 2.56. The molecule has 0 radical (unpaired) electrons. The molecule has 1 aliphatic rings. The first-order valence-corrected chi connectivity index (χ1v) is 4.77. The van der Waals surface area contributed by atoms with Crippen LogP contribution in [-0.2, 0) is 4.79 Å². The van der Waals surface area contributed by atoms with Gasteiger partial charge in [-0.1, -0.05) is 6.92 Å². The fourth-order valence-electron chi connectivity index (χ4n) is 1.79. The molecular weight excluding hydrogens is 150 g/mol. The van der Waals surface area contributed by atoms with Gasteiger partial charge in [-0.25, -0.2) is 0 Å². The second kappa shape index (κ2) is 3.56. The molecule has 1 saturated heterocycles. The predicted octanol–water partition coefficient (Wildman–Crippen LogP) is 1.70. The van der Waals surface area contributed by atoms with Gasteiger partial charge < -0.3 is 4.79 Å². The average Bonchev–Trinajstić information content (AvgIpc) is 2.05. The van der Waals surface area contributed by atoms with E-state index in [2.05, 4.69) is 11.8 Å². The van der Waals surface area contributed by atoms with Crippen molar-refractivity contribution < 1.29 is 4.79 Å². The first-order valence-electron chi connectivity index (χ1n) is 4.77. The average molecular weight is 169 g/mol. The van der Waals surface area contributed by atoms with Crippen LogP contribution in [0.15, 0.2) is 0 Å². The van der Waals surface area contributed by atoms with Crippen LogP contribution in [0.1, 0.15) is 33.6 Å². The zero-order valence-corrected chi connectivity index (χ0v) is 8.34. The zero-order chi connectivity index (χ0) is 9.19. The molecule has 0 aromatic rings. The van der Waals surface area contributed by atoms with E-state index in [-0.39, 0.29) is 5.54 Å². The molecule has 0 N–H and O–H groups in total. The highest BCUT2D eigenvalue weighted by molar-refractivity contribution is 5.62. The normalized spacial score (nSPS) is 27.1. The molecule has 70 valence electrons. The molecule has 1 heterocycles. The van der Waals surface area contributed by atoms with Crippen molar-refractivity contribution in [1.82, 2.24) is 4.90 Å². The second-order valence-corrected chi connectivity index (χ2v) is 4.46. The van der Waals surface area contributed by atoms with E-state index in [0.29, 0.717) is 0 Å². The molecule has 0 aliphatic carbocycles. The number of rotatable bonds is 2. The molecule has 0 saturated carbocycles. The molecule has 1 atom stereocenters. The van der Waals surface area contributed by atoms with Crippen LogP contribution >= 0.6 is 0 Å². The smallest absolute Gasteiger partial charge is 0.139 e. The minimum atomic E-state index is -0.255. The van der Waals surface area contributed by atoms with Crippen LogP contribution in [0, 0.1) is 5.92 Å². The molecule has 12 heavy (non-hydrogen) atoms. The number of aldehydes is 1. The molecule has 2 nitrogen and oxygen atoms in total. The maximum absolute atomic E-state index is 10.8. The van der Waals surface area contributed by atoms with Gasteiger partial charge in [0, 0.05) is 6.54 Å². The van der Waals surface area contributed by atoms with Gasteiger partial charge in [-0.2, -0.15) is 0 Å². The van der Waals surface area contributed by atoms with Gasteiger partial charge in [-0.15, -0.1) is 0 Å². The number of hydrogen-bond donors (Lipinski definition) is 0. The number of carbonyl (C=O) groups is 1. The maximum atomic E-state index is 10.8. The molecule has 1 unspecified atom stereocenters. The van der Waals surface area contributed by atoms with Crippen LogP contribution in [0.2, 0.25) is 0 Å². The molecule has 0 amide bonds. The quantitative estimate of drug-likeness (QED) is 0.586. The van der Waals surface area contributed by atoms with E-state index in [4.69, 9.17) is 0 Å². The van der Waals surface area contributed by atoms with Crippen LogP contribution in [0.3, 0.4) is 0 Å².